The molecule has 23 heavy (non-hydrogen) atoms. The fraction of sp³-hybridized carbons (Fsp3) is 0.222. The summed E-state index contributed by atoms with van der Waals surface area (Å²) in [7, 11) is 0. The fourth-order valence-electron chi connectivity index (χ4n) is 2.43. The standard InChI is InChI=1S/C18H16O4S/c1-3-21-17(19)10-13-9-16(23-11(13)2)14-8-12-6-4-5-7-15(12)22-18(14)20/h4-9H,3,10H2,1-2H3. The Hall–Kier alpha value is -2.40. The van der Waals surface area contributed by atoms with Gasteiger partial charge in [-0.15, -0.1) is 11.3 Å². The summed E-state index contributed by atoms with van der Waals surface area (Å²) in [6, 6.07) is 11.1. The lowest BCUT2D eigenvalue weighted by atomic mass is 10.1. The van der Waals surface area contributed by atoms with Crippen molar-refractivity contribution in [3.8, 4) is 10.4 Å². The van der Waals surface area contributed by atoms with Crippen LogP contribution >= 0.6 is 11.3 Å². The van der Waals surface area contributed by atoms with Crippen molar-refractivity contribution in [1.29, 1.82) is 0 Å². The maximum atomic E-state index is 12.2. The van der Waals surface area contributed by atoms with Crippen LogP contribution in [0.25, 0.3) is 21.4 Å². The summed E-state index contributed by atoms with van der Waals surface area (Å²) in [4.78, 5) is 25.7. The van der Waals surface area contributed by atoms with Gasteiger partial charge >= 0.3 is 11.6 Å². The molecule has 0 fully saturated rings. The van der Waals surface area contributed by atoms with Gasteiger partial charge in [0.05, 0.1) is 18.6 Å². The molecule has 4 nitrogen and oxygen atoms in total. The molecular formula is C18H16O4S. The molecule has 1 aromatic carbocycles. The Balaban J connectivity index is 2.01. The van der Waals surface area contributed by atoms with Gasteiger partial charge < -0.3 is 9.15 Å². The second-order valence-electron chi connectivity index (χ2n) is 5.16. The van der Waals surface area contributed by atoms with Crippen LogP contribution in [-0.4, -0.2) is 12.6 Å². The number of ether oxygens (including phenoxy) is 1. The van der Waals surface area contributed by atoms with E-state index in [-0.39, 0.29) is 18.0 Å². The van der Waals surface area contributed by atoms with Gasteiger partial charge in [0.25, 0.3) is 0 Å². The number of aryl methyl sites for hydroxylation is 1. The molecule has 0 amide bonds. The highest BCUT2D eigenvalue weighted by molar-refractivity contribution is 7.15. The Morgan fingerprint density at radius 2 is 2.04 bits per heavy atom. The molecule has 0 spiro atoms. The zero-order valence-corrected chi connectivity index (χ0v) is 13.7. The summed E-state index contributed by atoms with van der Waals surface area (Å²) in [6.45, 7) is 4.08. The Labute approximate surface area is 137 Å². The van der Waals surface area contributed by atoms with Crippen LogP contribution < -0.4 is 5.63 Å². The van der Waals surface area contributed by atoms with Crippen LogP contribution in [0.5, 0.6) is 0 Å². The highest BCUT2D eigenvalue weighted by Gasteiger charge is 2.15. The van der Waals surface area contributed by atoms with E-state index < -0.39 is 0 Å². The SMILES string of the molecule is CCOC(=O)Cc1cc(-c2cc3ccccc3oc2=O)sc1C. The Morgan fingerprint density at radius 3 is 2.83 bits per heavy atom. The molecule has 0 aliphatic heterocycles. The predicted molar refractivity (Wildman–Crippen MR) is 90.9 cm³/mol. The van der Waals surface area contributed by atoms with Crippen LogP contribution in [0, 0.1) is 6.92 Å². The van der Waals surface area contributed by atoms with E-state index in [0.29, 0.717) is 17.8 Å². The van der Waals surface area contributed by atoms with Crippen molar-refractivity contribution in [1.82, 2.24) is 0 Å². The Morgan fingerprint density at radius 1 is 1.26 bits per heavy atom. The van der Waals surface area contributed by atoms with Crippen molar-refractivity contribution < 1.29 is 13.9 Å². The first kappa shape index (κ1) is 15.5. The third kappa shape index (κ3) is 3.19. The zero-order valence-electron chi connectivity index (χ0n) is 12.9. The molecule has 2 heterocycles. The average molecular weight is 328 g/mol. The van der Waals surface area contributed by atoms with Crippen LogP contribution in [0.15, 0.2) is 45.6 Å². The van der Waals surface area contributed by atoms with Crippen molar-refractivity contribution in [2.75, 3.05) is 6.61 Å². The molecule has 0 N–H and O–H groups in total. The van der Waals surface area contributed by atoms with E-state index in [2.05, 4.69) is 0 Å². The average Bonchev–Trinajstić information content (AvgIpc) is 2.87. The number of benzene rings is 1. The molecule has 5 heteroatoms. The first-order valence-corrected chi connectivity index (χ1v) is 8.18. The van der Waals surface area contributed by atoms with E-state index in [9.17, 15) is 9.59 Å². The van der Waals surface area contributed by atoms with Crippen LogP contribution in [0.3, 0.4) is 0 Å². The summed E-state index contributed by atoms with van der Waals surface area (Å²) < 4.78 is 10.4. The topological polar surface area (TPSA) is 56.5 Å². The highest BCUT2D eigenvalue weighted by atomic mass is 32.1. The van der Waals surface area contributed by atoms with Gasteiger partial charge in [-0.3, -0.25) is 4.79 Å². The number of para-hydroxylation sites is 1. The predicted octanol–water partition coefficient (Wildman–Crippen LogP) is 3.94. The summed E-state index contributed by atoms with van der Waals surface area (Å²) in [5.41, 5.74) is 1.61. The number of hydrogen-bond donors (Lipinski definition) is 0. The number of esters is 1. The van der Waals surface area contributed by atoms with E-state index in [0.717, 1.165) is 20.7 Å². The van der Waals surface area contributed by atoms with Gasteiger partial charge in [0, 0.05) is 15.1 Å². The van der Waals surface area contributed by atoms with Crippen molar-refractivity contribution in [2.45, 2.75) is 20.3 Å². The first-order valence-electron chi connectivity index (χ1n) is 7.36. The highest BCUT2D eigenvalue weighted by Crippen LogP contribution is 2.31. The molecule has 0 unspecified atom stereocenters. The molecular weight excluding hydrogens is 312 g/mol. The smallest absolute Gasteiger partial charge is 0.345 e. The van der Waals surface area contributed by atoms with Crippen molar-refractivity contribution in [2.24, 2.45) is 0 Å². The number of rotatable bonds is 4. The van der Waals surface area contributed by atoms with Gasteiger partial charge in [0.15, 0.2) is 0 Å². The summed E-state index contributed by atoms with van der Waals surface area (Å²) in [6.07, 6.45) is 0.217. The van der Waals surface area contributed by atoms with Gasteiger partial charge in [-0.05, 0) is 37.6 Å². The molecule has 0 saturated heterocycles. The molecule has 0 aliphatic rings. The normalized spacial score (nSPS) is 10.9. The minimum absolute atomic E-state index is 0.217. The summed E-state index contributed by atoms with van der Waals surface area (Å²) >= 11 is 1.48. The molecule has 0 bridgehead atoms. The number of fused-ring (bicyclic) bond motifs is 1. The second kappa shape index (κ2) is 6.38. The van der Waals surface area contributed by atoms with E-state index in [1.54, 1.807) is 13.0 Å². The zero-order chi connectivity index (χ0) is 16.4. The van der Waals surface area contributed by atoms with Gasteiger partial charge in [0.2, 0.25) is 0 Å². The minimum atomic E-state index is -0.368. The lowest BCUT2D eigenvalue weighted by molar-refractivity contribution is -0.142. The molecule has 3 aromatic rings. The largest absolute Gasteiger partial charge is 0.466 e. The minimum Gasteiger partial charge on any atom is -0.466 e. The van der Waals surface area contributed by atoms with Crippen molar-refractivity contribution in [3.05, 3.63) is 57.3 Å². The fourth-order valence-corrected chi connectivity index (χ4v) is 3.47. The molecule has 0 saturated carbocycles. The Kier molecular flexibility index (Phi) is 4.30. The number of hydrogen-bond acceptors (Lipinski definition) is 5. The van der Waals surface area contributed by atoms with Crippen molar-refractivity contribution in [3.63, 3.8) is 0 Å². The van der Waals surface area contributed by atoms with Gasteiger partial charge in [-0.1, -0.05) is 18.2 Å². The molecule has 3 rings (SSSR count). The van der Waals surface area contributed by atoms with E-state index in [1.165, 1.54) is 11.3 Å². The van der Waals surface area contributed by atoms with E-state index in [1.807, 2.05) is 37.3 Å². The van der Waals surface area contributed by atoms with Gasteiger partial charge in [-0.25, -0.2) is 4.79 Å². The number of carbonyl (C=O) groups excluding carboxylic acids is 1. The quantitative estimate of drug-likeness (QED) is 0.538. The van der Waals surface area contributed by atoms with Crippen molar-refractivity contribution >= 4 is 28.3 Å². The summed E-state index contributed by atoms with van der Waals surface area (Å²) in [5.74, 6) is -0.259. The second-order valence-corrected chi connectivity index (χ2v) is 6.42. The maximum absolute atomic E-state index is 12.2. The van der Waals surface area contributed by atoms with Gasteiger partial charge in [0.1, 0.15) is 5.58 Å². The van der Waals surface area contributed by atoms with Gasteiger partial charge in [-0.2, -0.15) is 0 Å². The van der Waals surface area contributed by atoms with Crippen LogP contribution in [-0.2, 0) is 16.0 Å². The Bertz CT molecular complexity index is 920. The van der Waals surface area contributed by atoms with E-state index >= 15 is 0 Å². The monoisotopic (exact) mass is 328 g/mol. The third-order valence-corrected chi connectivity index (χ3v) is 4.69. The lowest BCUT2D eigenvalue weighted by Gasteiger charge is -2.00. The summed E-state index contributed by atoms with van der Waals surface area (Å²) in [5, 5.41) is 0.875. The number of carbonyl (C=O) groups is 1. The number of thiophene rings is 1. The maximum Gasteiger partial charge on any atom is 0.345 e. The molecule has 0 radical (unpaired) electrons. The van der Waals surface area contributed by atoms with Crippen LogP contribution in [0.2, 0.25) is 0 Å². The molecule has 2 aromatic heterocycles. The third-order valence-electron chi connectivity index (χ3n) is 3.57. The first-order chi connectivity index (χ1) is 11.1. The molecule has 0 aliphatic carbocycles. The molecule has 0 atom stereocenters. The lowest BCUT2D eigenvalue weighted by Crippen LogP contribution is -2.07. The van der Waals surface area contributed by atoms with Crippen LogP contribution in [0.1, 0.15) is 17.4 Å². The molecule has 118 valence electrons. The van der Waals surface area contributed by atoms with Crippen LogP contribution in [0.4, 0.5) is 0 Å². The van der Waals surface area contributed by atoms with E-state index in [4.69, 9.17) is 9.15 Å².